The van der Waals surface area contributed by atoms with Crippen LogP contribution in [-0.4, -0.2) is 43.6 Å². The summed E-state index contributed by atoms with van der Waals surface area (Å²) in [6, 6.07) is 0. The van der Waals surface area contributed by atoms with Gasteiger partial charge in [0.25, 0.3) is 10.2 Å². The number of rotatable bonds is 9. The largest absolute Gasteiger partial charge is 0.393 e. The normalized spacial score (nSPS) is 14.3. The summed E-state index contributed by atoms with van der Waals surface area (Å²) in [5, 5.41) is 9.05. The van der Waals surface area contributed by atoms with Gasteiger partial charge in [-0.3, -0.25) is 0 Å². The third-order valence-corrected chi connectivity index (χ3v) is 3.75. The molecule has 0 fully saturated rings. The molecule has 0 aromatic rings. The Balaban J connectivity index is 4.24. The van der Waals surface area contributed by atoms with Gasteiger partial charge in [-0.2, -0.15) is 12.7 Å². The predicted molar refractivity (Wildman–Crippen MR) is 65.4 cm³/mol. The molecule has 0 rings (SSSR count). The molecule has 0 aromatic carbocycles. The van der Waals surface area contributed by atoms with E-state index in [4.69, 9.17) is 5.11 Å². The van der Waals surface area contributed by atoms with E-state index in [1.807, 2.05) is 13.8 Å². The van der Waals surface area contributed by atoms with E-state index in [2.05, 4.69) is 4.72 Å². The highest BCUT2D eigenvalue weighted by Gasteiger charge is 2.19. The van der Waals surface area contributed by atoms with Crippen LogP contribution in [0.15, 0.2) is 0 Å². The van der Waals surface area contributed by atoms with E-state index in [0.717, 1.165) is 12.8 Å². The highest BCUT2D eigenvalue weighted by Crippen LogP contribution is 2.01. The molecule has 0 aliphatic heterocycles. The van der Waals surface area contributed by atoms with Crippen LogP contribution in [0.25, 0.3) is 0 Å². The van der Waals surface area contributed by atoms with Crippen molar-refractivity contribution in [3.8, 4) is 0 Å². The SMILES string of the molecule is CCCN(CCC)S(=O)(=O)NCCC(C)O. The summed E-state index contributed by atoms with van der Waals surface area (Å²) in [5.41, 5.74) is 0. The molecule has 0 aliphatic carbocycles. The fraction of sp³-hybridized carbons (Fsp3) is 1.00. The molecule has 0 radical (unpaired) electrons. The third kappa shape index (κ3) is 6.42. The quantitative estimate of drug-likeness (QED) is 0.635. The zero-order valence-corrected chi connectivity index (χ0v) is 11.3. The molecule has 6 heteroatoms. The molecule has 0 saturated carbocycles. The van der Waals surface area contributed by atoms with Crippen LogP contribution in [0, 0.1) is 0 Å². The van der Waals surface area contributed by atoms with Crippen molar-refractivity contribution in [3.63, 3.8) is 0 Å². The van der Waals surface area contributed by atoms with Gasteiger partial charge in [-0.05, 0) is 26.2 Å². The van der Waals surface area contributed by atoms with Crippen LogP contribution in [0.5, 0.6) is 0 Å². The minimum Gasteiger partial charge on any atom is -0.393 e. The number of nitrogens with zero attached hydrogens (tertiary/aromatic N) is 1. The maximum Gasteiger partial charge on any atom is 0.279 e. The van der Waals surface area contributed by atoms with Gasteiger partial charge in [-0.1, -0.05) is 13.8 Å². The average molecular weight is 252 g/mol. The second-order valence-corrected chi connectivity index (χ2v) is 5.69. The van der Waals surface area contributed by atoms with Crippen molar-refractivity contribution in [1.29, 1.82) is 0 Å². The number of hydrogen-bond acceptors (Lipinski definition) is 3. The van der Waals surface area contributed by atoms with Crippen LogP contribution in [0.3, 0.4) is 0 Å². The summed E-state index contributed by atoms with van der Waals surface area (Å²) < 4.78 is 27.6. The van der Waals surface area contributed by atoms with Crippen molar-refractivity contribution in [2.75, 3.05) is 19.6 Å². The second-order valence-electron chi connectivity index (χ2n) is 3.94. The Morgan fingerprint density at radius 1 is 1.25 bits per heavy atom. The molecule has 98 valence electrons. The van der Waals surface area contributed by atoms with Crippen LogP contribution in [-0.2, 0) is 10.2 Å². The maximum absolute atomic E-state index is 11.8. The van der Waals surface area contributed by atoms with E-state index < -0.39 is 16.3 Å². The van der Waals surface area contributed by atoms with Gasteiger partial charge >= 0.3 is 0 Å². The Hall–Kier alpha value is -0.170. The molecule has 0 amide bonds. The fourth-order valence-electron chi connectivity index (χ4n) is 1.34. The van der Waals surface area contributed by atoms with Gasteiger partial charge in [-0.15, -0.1) is 0 Å². The predicted octanol–water partition coefficient (Wildman–Crippen LogP) is 0.714. The van der Waals surface area contributed by atoms with E-state index in [1.54, 1.807) is 6.92 Å². The first kappa shape index (κ1) is 15.8. The summed E-state index contributed by atoms with van der Waals surface area (Å²) in [4.78, 5) is 0. The molecule has 16 heavy (non-hydrogen) atoms. The van der Waals surface area contributed by atoms with Crippen LogP contribution >= 0.6 is 0 Å². The van der Waals surface area contributed by atoms with E-state index >= 15 is 0 Å². The molecule has 0 saturated heterocycles. The summed E-state index contributed by atoms with van der Waals surface area (Å²) in [7, 11) is -3.37. The van der Waals surface area contributed by atoms with Crippen molar-refractivity contribution in [2.24, 2.45) is 0 Å². The number of aliphatic hydroxyl groups is 1. The Kier molecular flexibility index (Phi) is 7.91. The zero-order valence-electron chi connectivity index (χ0n) is 10.4. The molecular formula is C10H24N2O3S. The van der Waals surface area contributed by atoms with Crippen molar-refractivity contribution in [2.45, 2.75) is 46.1 Å². The Morgan fingerprint density at radius 3 is 2.12 bits per heavy atom. The smallest absolute Gasteiger partial charge is 0.279 e. The van der Waals surface area contributed by atoms with Crippen molar-refractivity contribution in [3.05, 3.63) is 0 Å². The number of aliphatic hydroxyl groups excluding tert-OH is 1. The number of hydrogen-bond donors (Lipinski definition) is 2. The summed E-state index contributed by atoms with van der Waals surface area (Å²) in [6.45, 7) is 6.91. The summed E-state index contributed by atoms with van der Waals surface area (Å²) in [5.74, 6) is 0. The van der Waals surface area contributed by atoms with Gasteiger partial charge in [-0.25, -0.2) is 4.72 Å². The van der Waals surface area contributed by atoms with E-state index in [-0.39, 0.29) is 6.54 Å². The highest BCUT2D eigenvalue weighted by atomic mass is 32.2. The first-order chi connectivity index (χ1) is 7.44. The molecule has 5 nitrogen and oxygen atoms in total. The van der Waals surface area contributed by atoms with Gasteiger partial charge in [0.2, 0.25) is 0 Å². The summed E-state index contributed by atoms with van der Waals surface area (Å²) >= 11 is 0. The van der Waals surface area contributed by atoms with Crippen LogP contribution in [0.1, 0.15) is 40.0 Å². The fourth-order valence-corrected chi connectivity index (χ4v) is 2.74. The Bertz CT molecular complexity index is 259. The van der Waals surface area contributed by atoms with Gasteiger partial charge < -0.3 is 5.11 Å². The first-order valence-corrected chi connectivity index (χ1v) is 7.30. The lowest BCUT2D eigenvalue weighted by Crippen LogP contribution is -2.42. The van der Waals surface area contributed by atoms with E-state index in [0.29, 0.717) is 19.5 Å². The maximum atomic E-state index is 11.8. The Labute approximate surface area is 99.0 Å². The molecule has 0 aliphatic rings. The topological polar surface area (TPSA) is 69.6 Å². The van der Waals surface area contributed by atoms with Crippen LogP contribution in [0.2, 0.25) is 0 Å². The van der Waals surface area contributed by atoms with Crippen LogP contribution < -0.4 is 4.72 Å². The van der Waals surface area contributed by atoms with E-state index in [9.17, 15) is 8.42 Å². The minimum atomic E-state index is -3.37. The monoisotopic (exact) mass is 252 g/mol. The zero-order chi connectivity index (χ0) is 12.6. The van der Waals surface area contributed by atoms with E-state index in [1.165, 1.54) is 4.31 Å². The third-order valence-electron chi connectivity index (χ3n) is 2.13. The number of nitrogens with one attached hydrogen (secondary N) is 1. The molecular weight excluding hydrogens is 228 g/mol. The van der Waals surface area contributed by atoms with Gasteiger partial charge in [0, 0.05) is 19.6 Å². The van der Waals surface area contributed by atoms with Crippen molar-refractivity contribution < 1.29 is 13.5 Å². The molecule has 0 aromatic heterocycles. The van der Waals surface area contributed by atoms with Gasteiger partial charge in [0.1, 0.15) is 0 Å². The lowest BCUT2D eigenvalue weighted by atomic mass is 10.3. The van der Waals surface area contributed by atoms with Gasteiger partial charge in [0.15, 0.2) is 0 Å². The molecule has 2 N–H and O–H groups in total. The summed E-state index contributed by atoms with van der Waals surface area (Å²) in [6.07, 6.45) is 1.56. The molecule has 1 unspecified atom stereocenters. The van der Waals surface area contributed by atoms with Gasteiger partial charge in [0.05, 0.1) is 6.10 Å². The van der Waals surface area contributed by atoms with Crippen molar-refractivity contribution >= 4 is 10.2 Å². The molecule has 0 bridgehead atoms. The molecule has 1 atom stereocenters. The lowest BCUT2D eigenvalue weighted by molar-refractivity contribution is 0.186. The standard InChI is InChI=1S/C10H24N2O3S/c1-4-8-12(9-5-2)16(14,15)11-7-6-10(3)13/h10-11,13H,4-9H2,1-3H3. The molecule has 0 spiro atoms. The second kappa shape index (κ2) is 8.00. The lowest BCUT2D eigenvalue weighted by Gasteiger charge is -2.21. The van der Waals surface area contributed by atoms with Crippen molar-refractivity contribution in [1.82, 2.24) is 9.03 Å². The highest BCUT2D eigenvalue weighted by molar-refractivity contribution is 7.87. The minimum absolute atomic E-state index is 0.282. The van der Waals surface area contributed by atoms with Crippen LogP contribution in [0.4, 0.5) is 0 Å². The first-order valence-electron chi connectivity index (χ1n) is 5.86. The Morgan fingerprint density at radius 2 is 1.75 bits per heavy atom. The average Bonchev–Trinajstić information content (AvgIpc) is 2.16. The molecule has 0 heterocycles.